The number of benzene rings is 2. The molecule has 1 aliphatic rings. The topological polar surface area (TPSA) is 8.81 Å². The molecule has 0 atom stereocenters. The molecule has 4 rings (SSSR count). The Morgan fingerprint density at radius 2 is 1.50 bits per heavy atom. The van der Waals surface area contributed by atoms with Gasteiger partial charge in [-0.2, -0.15) is 4.57 Å². The molecule has 0 N–H and O–H groups in total. The standard InChI is InChI=1S/C24H29N2/c1-18-12-10-11-17-22(18)26-19(2)23(20-13-6-4-7-14-20)25(3)24(26)21-15-8-5-9-16-21/h5,8-12,15-17,20H,4,6-7,13-14H2,1-3H3/q+1. The van der Waals surface area contributed by atoms with Crippen LogP contribution >= 0.6 is 0 Å². The minimum atomic E-state index is 0.682. The molecule has 0 unspecified atom stereocenters. The van der Waals surface area contributed by atoms with Gasteiger partial charge in [0.05, 0.1) is 12.6 Å². The van der Waals surface area contributed by atoms with Crippen molar-refractivity contribution in [2.45, 2.75) is 51.9 Å². The molecule has 0 amide bonds. The first-order valence-corrected chi connectivity index (χ1v) is 9.91. The van der Waals surface area contributed by atoms with E-state index < -0.39 is 0 Å². The smallest absolute Gasteiger partial charge is 0.229 e. The Hall–Kier alpha value is -2.35. The van der Waals surface area contributed by atoms with Crippen LogP contribution in [0.4, 0.5) is 0 Å². The number of hydrogen-bond donors (Lipinski definition) is 0. The molecule has 1 saturated carbocycles. The number of rotatable bonds is 3. The third-order valence-electron chi connectivity index (χ3n) is 5.98. The summed E-state index contributed by atoms with van der Waals surface area (Å²) in [6.07, 6.45) is 6.76. The van der Waals surface area contributed by atoms with Crippen LogP contribution in [-0.2, 0) is 7.05 Å². The highest BCUT2D eigenvalue weighted by Crippen LogP contribution is 2.36. The first-order chi connectivity index (χ1) is 12.7. The first-order valence-electron chi connectivity index (χ1n) is 9.91. The number of nitrogens with zero attached hydrogens (tertiary/aromatic N) is 2. The fourth-order valence-electron chi connectivity index (χ4n) is 4.74. The van der Waals surface area contributed by atoms with E-state index >= 15 is 0 Å². The predicted molar refractivity (Wildman–Crippen MR) is 108 cm³/mol. The third-order valence-corrected chi connectivity index (χ3v) is 5.98. The van der Waals surface area contributed by atoms with Gasteiger partial charge in [-0.1, -0.05) is 55.7 Å². The molecule has 1 heterocycles. The largest absolute Gasteiger partial charge is 0.294 e. The maximum absolute atomic E-state index is 2.48. The zero-order valence-electron chi connectivity index (χ0n) is 16.2. The minimum Gasteiger partial charge on any atom is -0.229 e. The Kier molecular flexibility index (Phi) is 4.67. The third kappa shape index (κ3) is 2.88. The molecule has 1 aliphatic carbocycles. The minimum absolute atomic E-state index is 0.682. The van der Waals surface area contributed by atoms with E-state index in [-0.39, 0.29) is 0 Å². The van der Waals surface area contributed by atoms with Crippen LogP contribution in [0, 0.1) is 13.8 Å². The average Bonchev–Trinajstić information content (AvgIpc) is 2.94. The van der Waals surface area contributed by atoms with Gasteiger partial charge in [-0.05, 0) is 43.5 Å². The summed E-state index contributed by atoms with van der Waals surface area (Å²) in [6.45, 7) is 4.52. The summed E-state index contributed by atoms with van der Waals surface area (Å²) in [5.41, 5.74) is 6.81. The zero-order valence-corrected chi connectivity index (χ0v) is 16.2. The van der Waals surface area contributed by atoms with Crippen LogP contribution in [0.15, 0.2) is 54.6 Å². The second-order valence-electron chi connectivity index (χ2n) is 7.68. The molecule has 1 aromatic heterocycles. The van der Waals surface area contributed by atoms with Crippen molar-refractivity contribution in [1.29, 1.82) is 0 Å². The van der Waals surface area contributed by atoms with Gasteiger partial charge in [0.1, 0.15) is 17.1 Å². The Morgan fingerprint density at radius 1 is 0.846 bits per heavy atom. The maximum Gasteiger partial charge on any atom is 0.294 e. The lowest BCUT2D eigenvalue weighted by Crippen LogP contribution is -2.36. The molecule has 134 valence electrons. The number of imidazole rings is 1. The van der Waals surface area contributed by atoms with Gasteiger partial charge in [-0.25, -0.2) is 4.57 Å². The van der Waals surface area contributed by atoms with Gasteiger partial charge in [0.15, 0.2) is 0 Å². The monoisotopic (exact) mass is 345 g/mol. The van der Waals surface area contributed by atoms with Crippen LogP contribution in [0.25, 0.3) is 17.1 Å². The summed E-state index contributed by atoms with van der Waals surface area (Å²) in [7, 11) is 2.26. The van der Waals surface area contributed by atoms with Gasteiger partial charge in [-0.3, -0.25) is 0 Å². The van der Waals surface area contributed by atoms with Gasteiger partial charge in [-0.15, -0.1) is 0 Å². The second-order valence-corrected chi connectivity index (χ2v) is 7.68. The maximum atomic E-state index is 2.48. The molecule has 3 aromatic rings. The predicted octanol–water partition coefficient (Wildman–Crippen LogP) is 5.63. The SMILES string of the molecule is Cc1ccccc1-n1c(C)c(C2CCCCC2)[n+](C)c1-c1ccccc1. The van der Waals surface area contributed by atoms with Crippen LogP contribution in [0.1, 0.15) is 55.0 Å². The molecule has 0 saturated heterocycles. The van der Waals surface area contributed by atoms with Crippen molar-refractivity contribution in [3.05, 3.63) is 71.5 Å². The zero-order chi connectivity index (χ0) is 18.1. The molecule has 0 spiro atoms. The number of aromatic nitrogens is 2. The van der Waals surface area contributed by atoms with Crippen molar-refractivity contribution >= 4 is 0 Å². The highest BCUT2D eigenvalue weighted by Gasteiger charge is 2.33. The van der Waals surface area contributed by atoms with Crippen molar-refractivity contribution in [3.8, 4) is 17.1 Å². The quantitative estimate of drug-likeness (QED) is 0.544. The molecule has 2 heteroatoms. The van der Waals surface area contributed by atoms with E-state index in [9.17, 15) is 0 Å². The Balaban J connectivity index is 1.98. The van der Waals surface area contributed by atoms with Crippen molar-refractivity contribution in [2.75, 3.05) is 0 Å². The van der Waals surface area contributed by atoms with Crippen LogP contribution < -0.4 is 4.57 Å². The van der Waals surface area contributed by atoms with Crippen LogP contribution in [0.2, 0.25) is 0 Å². The molecule has 2 aromatic carbocycles. The van der Waals surface area contributed by atoms with E-state index in [1.54, 1.807) is 0 Å². The molecule has 0 bridgehead atoms. The summed E-state index contributed by atoms with van der Waals surface area (Å²) in [6, 6.07) is 19.6. The summed E-state index contributed by atoms with van der Waals surface area (Å²) >= 11 is 0. The number of hydrogen-bond acceptors (Lipinski definition) is 0. The van der Waals surface area contributed by atoms with Crippen molar-refractivity contribution < 1.29 is 4.57 Å². The Bertz CT molecular complexity index is 899. The summed E-state index contributed by atoms with van der Waals surface area (Å²) in [4.78, 5) is 0. The van der Waals surface area contributed by atoms with Crippen molar-refractivity contribution in [3.63, 3.8) is 0 Å². The summed E-state index contributed by atoms with van der Waals surface area (Å²) < 4.78 is 4.95. The van der Waals surface area contributed by atoms with E-state index in [4.69, 9.17) is 0 Å². The van der Waals surface area contributed by atoms with Crippen molar-refractivity contribution in [1.82, 2.24) is 4.57 Å². The summed E-state index contributed by atoms with van der Waals surface area (Å²) in [5.74, 6) is 1.97. The van der Waals surface area contributed by atoms with E-state index in [2.05, 4.69) is 84.6 Å². The Labute approximate surface area is 157 Å². The highest BCUT2D eigenvalue weighted by molar-refractivity contribution is 5.58. The molecular formula is C24H29N2+. The highest BCUT2D eigenvalue weighted by atomic mass is 15.2. The van der Waals surface area contributed by atoms with Crippen LogP contribution in [-0.4, -0.2) is 4.57 Å². The van der Waals surface area contributed by atoms with Crippen molar-refractivity contribution in [2.24, 2.45) is 7.05 Å². The van der Waals surface area contributed by atoms with Gasteiger partial charge >= 0.3 is 0 Å². The summed E-state index contributed by atoms with van der Waals surface area (Å²) in [5, 5.41) is 0. The second kappa shape index (κ2) is 7.11. The van der Waals surface area contributed by atoms with E-state index in [0.29, 0.717) is 5.92 Å². The van der Waals surface area contributed by atoms with Crippen LogP contribution in [0.3, 0.4) is 0 Å². The molecule has 2 nitrogen and oxygen atoms in total. The fraction of sp³-hybridized carbons (Fsp3) is 0.375. The van der Waals surface area contributed by atoms with E-state index in [1.807, 2.05) is 0 Å². The Morgan fingerprint density at radius 3 is 2.19 bits per heavy atom. The molecule has 0 radical (unpaired) electrons. The van der Waals surface area contributed by atoms with Gasteiger partial charge < -0.3 is 0 Å². The fourth-order valence-corrected chi connectivity index (χ4v) is 4.74. The normalized spacial score (nSPS) is 15.3. The lowest BCUT2D eigenvalue weighted by Gasteiger charge is -2.20. The van der Waals surface area contributed by atoms with Gasteiger partial charge in [0, 0.05) is 12.8 Å². The molecule has 1 fully saturated rings. The molecule has 26 heavy (non-hydrogen) atoms. The number of aryl methyl sites for hydroxylation is 1. The van der Waals surface area contributed by atoms with Gasteiger partial charge in [0.25, 0.3) is 5.82 Å². The number of para-hydroxylation sites is 1. The van der Waals surface area contributed by atoms with Crippen LogP contribution in [0.5, 0.6) is 0 Å². The molecular weight excluding hydrogens is 316 g/mol. The van der Waals surface area contributed by atoms with E-state index in [1.165, 1.54) is 66.1 Å². The van der Waals surface area contributed by atoms with E-state index in [0.717, 1.165) is 0 Å². The lowest BCUT2D eigenvalue weighted by atomic mass is 9.86. The van der Waals surface area contributed by atoms with Gasteiger partial charge in [0.2, 0.25) is 0 Å². The first kappa shape index (κ1) is 17.1. The lowest BCUT2D eigenvalue weighted by molar-refractivity contribution is -0.668. The average molecular weight is 346 g/mol. The molecule has 0 aliphatic heterocycles.